The zero-order valence-electron chi connectivity index (χ0n) is 88.5. The van der Waals surface area contributed by atoms with Gasteiger partial charge in [0.1, 0.15) is 0 Å². The second kappa shape index (κ2) is 27.0. The van der Waals surface area contributed by atoms with E-state index in [-0.39, 0.29) is 82.6 Å². The Morgan fingerprint density at radius 2 is 0.621 bits per heavy atom. The number of rotatable bonds is 8. The van der Waals surface area contributed by atoms with Crippen LogP contribution in [-0.4, -0.2) is 13.7 Å². The van der Waals surface area contributed by atoms with Crippen molar-refractivity contribution in [1.82, 2.24) is 13.7 Å². The molecule has 23 rings (SSSR count). The SMILES string of the molecule is [2H]c1c([2H])c([2H])c2c(c1[2H])c1c([2H])c([2H])c([2H])c([2H])c1n2-c1ccc2c(c1)N(c1c(-c3ccccc3)cc(C(C)(C)C)cc1-c1ccccc1)c1cc(-n3c4c([2H])c([2H])c([2H])c([2H])c4c4c([2H])c([2H])c([2H])c([2H])c43)cc3c1C2c1ccc(-n2c4ccc(C(C)(C)C)cc4c4cc(C(C)(C)C)ccc42)cc1N3c1cccc2c1Cc1c-2cccc1C1c2ccc(C(C)(C)C)cc2-c2cc(C(C)(C)C)ccc21. The molecule has 5 heterocycles. The predicted octanol–water partition coefficient (Wildman–Crippen LogP) is 32.3. The lowest BCUT2D eigenvalue weighted by atomic mass is 9.74. The van der Waals surface area contributed by atoms with Gasteiger partial charge in [-0.25, -0.2) is 0 Å². The quantitative estimate of drug-likeness (QED) is 0.151. The number of nitrogens with zero attached hydrogens (tertiary/aromatic N) is 5. The molecule has 2 aliphatic carbocycles. The Morgan fingerprint density at radius 1 is 0.250 bits per heavy atom. The van der Waals surface area contributed by atoms with Crippen molar-refractivity contribution in [2.75, 3.05) is 9.80 Å². The average Bonchev–Trinajstić information content (AvgIpc) is 1.20. The van der Waals surface area contributed by atoms with Crippen LogP contribution in [0.4, 0.5) is 34.1 Å². The molecule has 124 heavy (non-hydrogen) atoms. The van der Waals surface area contributed by atoms with E-state index in [9.17, 15) is 21.9 Å². The normalized spacial score (nSPS) is 16.2. The number of aromatic nitrogens is 3. The summed E-state index contributed by atoms with van der Waals surface area (Å²) in [6.07, 6.45) is 0.466. The highest BCUT2D eigenvalue weighted by molar-refractivity contribution is 6.14. The average molecular weight is 1620 g/mol. The first-order valence-electron chi connectivity index (χ1n) is 51.3. The highest BCUT2D eigenvalue weighted by atomic mass is 15.2. The van der Waals surface area contributed by atoms with E-state index in [1.165, 1.54) is 55.6 Å². The summed E-state index contributed by atoms with van der Waals surface area (Å²) in [7, 11) is 0. The minimum atomic E-state index is -0.813. The molecule has 0 N–H and O–H groups in total. The molecule has 4 aliphatic rings. The Labute approximate surface area is 751 Å². The molecule has 0 saturated carbocycles. The molecule has 0 saturated heterocycles. The van der Waals surface area contributed by atoms with Gasteiger partial charge in [0.05, 0.1) is 94.8 Å². The van der Waals surface area contributed by atoms with Gasteiger partial charge in [0.2, 0.25) is 0 Å². The first-order valence-corrected chi connectivity index (χ1v) is 43.3. The Morgan fingerprint density at radius 3 is 1.08 bits per heavy atom. The minimum Gasteiger partial charge on any atom is -0.309 e. The van der Waals surface area contributed by atoms with E-state index in [0.717, 1.165) is 100 Å². The predicted molar refractivity (Wildman–Crippen MR) is 525 cm³/mol. The van der Waals surface area contributed by atoms with Crippen molar-refractivity contribution in [2.45, 2.75) is 149 Å². The van der Waals surface area contributed by atoms with Crippen LogP contribution in [-0.2, 0) is 33.5 Å². The lowest BCUT2D eigenvalue weighted by Gasteiger charge is -2.46. The van der Waals surface area contributed by atoms with Gasteiger partial charge >= 0.3 is 0 Å². The van der Waals surface area contributed by atoms with Crippen molar-refractivity contribution in [3.8, 4) is 61.6 Å². The van der Waals surface area contributed by atoms with Gasteiger partial charge in [-0.2, -0.15) is 0 Å². The molecule has 2 aliphatic heterocycles. The molecule has 16 aromatic carbocycles. The van der Waals surface area contributed by atoms with Crippen LogP contribution >= 0.6 is 0 Å². The van der Waals surface area contributed by atoms with Gasteiger partial charge in [-0.15, -0.1) is 0 Å². The summed E-state index contributed by atoms with van der Waals surface area (Å²) in [6.45, 7) is 33.6. The van der Waals surface area contributed by atoms with Crippen molar-refractivity contribution in [3.05, 3.63) is 400 Å². The van der Waals surface area contributed by atoms with Crippen LogP contribution in [0.3, 0.4) is 0 Å². The second-order valence-corrected chi connectivity index (χ2v) is 39.6. The second-order valence-electron chi connectivity index (χ2n) is 39.6. The summed E-state index contributed by atoms with van der Waals surface area (Å²) < 4.78 is 162. The van der Waals surface area contributed by atoms with Crippen molar-refractivity contribution in [1.29, 1.82) is 0 Å². The van der Waals surface area contributed by atoms with Gasteiger partial charge in [-0.3, -0.25) is 0 Å². The number of hydrogen-bond acceptors (Lipinski definition) is 2. The Bertz CT molecular complexity index is 8420. The maximum Gasteiger partial charge on any atom is 0.0645 e. The van der Waals surface area contributed by atoms with E-state index in [1.54, 1.807) is 9.13 Å². The Hall–Kier alpha value is -13.5. The standard InChI is InChI=1S/C119H103N5/c1-115(2,3)73-48-54-88-94(60-73)95-61-74(116(4,5)6)49-55-89(95)111(88)87-42-30-40-81-82-41-31-47-104(99(82)70-96(81)87)123-107-66-78(121-105-58-50-75(117(7,8)9)62-97(105)98-63-76(118(10,11)12)51-59-106(98)121)52-56-90(107)112-91-57-53-79(120-100-43-26-22-36-83(100)84-37-23-27-44-101(84)120)67-108(91)124(110-69-80(68-109(123)113(110)112)122-102-45-28-24-38-85(102)86-39-25-29-46-103(86)122)114-92(71-32-18-16-19-33-71)64-77(119(13,14)15)65-93(114)72-34-20-17-21-35-72/h16-69,111-112H,70H2,1-15H3/i22D,23D,24D,25D,26D,27D,28D,29D,36D,37D,38D,39D,43D,44D,45D,46D. The fourth-order valence-electron chi connectivity index (χ4n) is 20.7. The van der Waals surface area contributed by atoms with Crippen LogP contribution in [0.15, 0.2) is 327 Å². The fraction of sp³-hybridized carbons (Fsp3) is 0.193. The van der Waals surface area contributed by atoms with E-state index >= 15 is 0 Å². The van der Waals surface area contributed by atoms with Crippen molar-refractivity contribution >= 4 is 99.5 Å². The van der Waals surface area contributed by atoms with E-state index in [0.29, 0.717) is 29.2 Å². The lowest BCUT2D eigenvalue weighted by molar-refractivity contribution is 0.589. The van der Waals surface area contributed by atoms with Crippen LogP contribution in [0.2, 0.25) is 0 Å². The van der Waals surface area contributed by atoms with E-state index in [2.05, 4.69) is 294 Å². The Balaban J connectivity index is 0.906. The summed E-state index contributed by atoms with van der Waals surface area (Å²) in [5.74, 6) is -0.976. The van der Waals surface area contributed by atoms with Crippen molar-refractivity contribution < 1.29 is 21.9 Å². The zero-order valence-corrected chi connectivity index (χ0v) is 72.5. The molecule has 0 amide bonds. The van der Waals surface area contributed by atoms with Gasteiger partial charge < -0.3 is 23.5 Å². The van der Waals surface area contributed by atoms with Crippen LogP contribution in [0.25, 0.3) is 127 Å². The lowest BCUT2D eigenvalue weighted by Crippen LogP contribution is -2.30. The summed E-state index contributed by atoms with van der Waals surface area (Å²) in [6, 6.07) is 74.2. The molecule has 0 radical (unpaired) electrons. The fourth-order valence-corrected chi connectivity index (χ4v) is 20.7. The monoisotopic (exact) mass is 1620 g/mol. The molecule has 3 aromatic heterocycles. The largest absolute Gasteiger partial charge is 0.309 e. The molecule has 1 atom stereocenters. The zero-order chi connectivity index (χ0) is 98.6. The molecular weight excluding hydrogens is 1500 g/mol. The summed E-state index contributed by atoms with van der Waals surface area (Å²) in [4.78, 5) is 4.63. The number of anilines is 6. The molecule has 1 unspecified atom stereocenters. The summed E-state index contributed by atoms with van der Waals surface area (Å²) >= 11 is 0. The number of hydrogen-bond donors (Lipinski definition) is 0. The van der Waals surface area contributed by atoms with Gasteiger partial charge in [0, 0.05) is 78.6 Å². The van der Waals surface area contributed by atoms with Crippen LogP contribution in [0.5, 0.6) is 0 Å². The molecule has 5 heteroatoms. The van der Waals surface area contributed by atoms with Gasteiger partial charge in [-0.05, 0) is 230 Å². The van der Waals surface area contributed by atoms with Crippen LogP contribution < -0.4 is 9.80 Å². The first-order chi connectivity index (χ1) is 66.3. The van der Waals surface area contributed by atoms with Gasteiger partial charge in [-0.1, -0.05) is 328 Å². The topological polar surface area (TPSA) is 21.3 Å². The molecule has 5 nitrogen and oxygen atoms in total. The van der Waals surface area contributed by atoms with Crippen LogP contribution in [0.1, 0.15) is 210 Å². The third kappa shape index (κ3) is 11.5. The van der Waals surface area contributed by atoms with Crippen molar-refractivity contribution in [2.24, 2.45) is 0 Å². The van der Waals surface area contributed by atoms with E-state index in [4.69, 9.17) is 0 Å². The molecule has 0 fully saturated rings. The van der Waals surface area contributed by atoms with Gasteiger partial charge in [0.15, 0.2) is 0 Å². The van der Waals surface area contributed by atoms with E-state index in [1.807, 2.05) is 54.6 Å². The molecule has 0 spiro atoms. The smallest absolute Gasteiger partial charge is 0.0645 e. The first kappa shape index (κ1) is 60.1. The van der Waals surface area contributed by atoms with Crippen LogP contribution in [0, 0.1) is 0 Å². The third-order valence-corrected chi connectivity index (χ3v) is 27.0. The number of fused-ring (bicyclic) bond motifs is 19. The van der Waals surface area contributed by atoms with E-state index < -0.39 is 108 Å². The highest BCUT2D eigenvalue weighted by Gasteiger charge is 2.46. The summed E-state index contributed by atoms with van der Waals surface area (Å²) in [5, 5.41) is 1.74. The molecule has 0 bridgehead atoms. The maximum atomic E-state index is 10.4. The Kier molecular flexibility index (Phi) is 13.1. The molecular formula is C119H103N5. The molecule has 19 aromatic rings. The number of benzene rings is 16. The summed E-state index contributed by atoms with van der Waals surface area (Å²) in [5.41, 5.74) is 27.3. The molecule has 604 valence electrons. The van der Waals surface area contributed by atoms with Gasteiger partial charge in [0.25, 0.3) is 0 Å². The minimum absolute atomic E-state index is 0.0809. The number of para-hydroxylation sites is 4. The maximum absolute atomic E-state index is 10.4. The third-order valence-electron chi connectivity index (χ3n) is 27.0. The van der Waals surface area contributed by atoms with Crippen molar-refractivity contribution in [3.63, 3.8) is 0 Å². The highest BCUT2D eigenvalue weighted by Crippen LogP contribution is 2.66.